The molecule has 2 aliphatic heterocycles. The Morgan fingerprint density at radius 1 is 1.14 bits per heavy atom. The smallest absolute Gasteiger partial charge is 0.322 e. The van der Waals surface area contributed by atoms with Gasteiger partial charge in [0.05, 0.1) is 19.3 Å². The van der Waals surface area contributed by atoms with Gasteiger partial charge >= 0.3 is 6.03 Å². The molecule has 7 heteroatoms. The van der Waals surface area contributed by atoms with Gasteiger partial charge in [0.25, 0.3) is 0 Å². The van der Waals surface area contributed by atoms with E-state index in [0.29, 0.717) is 35.4 Å². The van der Waals surface area contributed by atoms with Crippen molar-refractivity contribution in [3.63, 3.8) is 0 Å². The average Bonchev–Trinajstić information content (AvgIpc) is 3.00. The van der Waals surface area contributed by atoms with E-state index in [2.05, 4.69) is 5.32 Å². The molecule has 2 atom stereocenters. The Morgan fingerprint density at radius 3 is 2.55 bits per heavy atom. The van der Waals surface area contributed by atoms with Crippen LogP contribution in [0.3, 0.4) is 0 Å². The van der Waals surface area contributed by atoms with Gasteiger partial charge in [0, 0.05) is 28.9 Å². The molecule has 0 aromatic heterocycles. The first-order chi connectivity index (χ1) is 10.6. The second kappa shape index (κ2) is 7.04. The fraction of sp³-hybridized carbons (Fsp3) is 0.533. The van der Waals surface area contributed by atoms with E-state index in [-0.39, 0.29) is 18.2 Å². The number of benzene rings is 1. The van der Waals surface area contributed by atoms with Crippen molar-refractivity contribution >= 4 is 34.9 Å². The number of carbonyl (C=O) groups excluding carboxylic acids is 1. The minimum Gasteiger partial charge on any atom is -0.375 e. The topological polar surface area (TPSA) is 50.8 Å². The summed E-state index contributed by atoms with van der Waals surface area (Å²) in [6.45, 7) is 2.39. The van der Waals surface area contributed by atoms with Gasteiger partial charge in [-0.05, 0) is 31.0 Å². The summed E-state index contributed by atoms with van der Waals surface area (Å²) in [4.78, 5) is 14.1. The minimum atomic E-state index is -0.176. The zero-order valence-electron chi connectivity index (χ0n) is 12.1. The molecular formula is C15H18Cl2N2O3. The van der Waals surface area contributed by atoms with Crippen LogP contribution in [0.25, 0.3) is 0 Å². The highest BCUT2D eigenvalue weighted by Gasteiger charge is 2.32. The normalized spacial score (nSPS) is 25.3. The first-order valence-corrected chi connectivity index (χ1v) is 8.12. The largest absolute Gasteiger partial charge is 0.375 e. The van der Waals surface area contributed by atoms with Crippen LogP contribution in [0.2, 0.25) is 10.0 Å². The standard InChI is InChI=1S/C15H18Cl2N2O3/c16-10-6-11(17)8-12(7-10)18-15(20)19-3-5-22-14(9-19)13-2-1-4-21-13/h6-8,13-14H,1-5,9H2,(H,18,20)/t13-,14-/m1/s1. The lowest BCUT2D eigenvalue weighted by molar-refractivity contribution is -0.0839. The van der Waals surface area contributed by atoms with E-state index in [1.807, 2.05) is 0 Å². The number of ether oxygens (including phenoxy) is 2. The quantitative estimate of drug-likeness (QED) is 0.894. The lowest BCUT2D eigenvalue weighted by Gasteiger charge is -2.35. The molecule has 0 saturated carbocycles. The van der Waals surface area contributed by atoms with Gasteiger partial charge in [0.2, 0.25) is 0 Å². The van der Waals surface area contributed by atoms with Crippen LogP contribution in [-0.4, -0.2) is 49.4 Å². The SMILES string of the molecule is O=C(Nc1cc(Cl)cc(Cl)c1)N1CCO[C@@H]([C@H]2CCCO2)C1. The van der Waals surface area contributed by atoms with E-state index in [1.165, 1.54) is 0 Å². The van der Waals surface area contributed by atoms with Crippen molar-refractivity contribution in [1.82, 2.24) is 4.90 Å². The fourth-order valence-corrected chi connectivity index (χ4v) is 3.34. The summed E-state index contributed by atoms with van der Waals surface area (Å²) in [6.07, 6.45) is 2.09. The van der Waals surface area contributed by atoms with Gasteiger partial charge in [-0.15, -0.1) is 0 Å². The lowest BCUT2D eigenvalue weighted by atomic mass is 10.1. The maximum Gasteiger partial charge on any atom is 0.322 e. The van der Waals surface area contributed by atoms with Crippen molar-refractivity contribution in [2.75, 3.05) is 31.6 Å². The lowest BCUT2D eigenvalue weighted by Crippen LogP contribution is -2.51. The third-order valence-electron chi connectivity index (χ3n) is 3.87. The van der Waals surface area contributed by atoms with Crippen molar-refractivity contribution in [2.45, 2.75) is 25.0 Å². The van der Waals surface area contributed by atoms with E-state index in [4.69, 9.17) is 32.7 Å². The summed E-state index contributed by atoms with van der Waals surface area (Å²) in [7, 11) is 0. The van der Waals surface area contributed by atoms with Gasteiger partial charge < -0.3 is 19.7 Å². The molecule has 2 aliphatic rings. The molecule has 0 spiro atoms. The first kappa shape index (κ1) is 15.9. The number of amides is 2. The molecule has 0 bridgehead atoms. The van der Waals surface area contributed by atoms with Crippen molar-refractivity contribution in [3.8, 4) is 0 Å². The fourth-order valence-electron chi connectivity index (χ4n) is 2.81. The number of hydrogen-bond donors (Lipinski definition) is 1. The van der Waals surface area contributed by atoms with Gasteiger partial charge in [-0.3, -0.25) is 0 Å². The zero-order chi connectivity index (χ0) is 15.5. The number of rotatable bonds is 2. The third-order valence-corrected chi connectivity index (χ3v) is 4.31. The number of nitrogens with zero attached hydrogens (tertiary/aromatic N) is 1. The molecule has 2 fully saturated rings. The number of morpholine rings is 1. The molecule has 0 aliphatic carbocycles. The van der Waals surface area contributed by atoms with Crippen molar-refractivity contribution in [3.05, 3.63) is 28.2 Å². The Morgan fingerprint density at radius 2 is 1.86 bits per heavy atom. The summed E-state index contributed by atoms with van der Waals surface area (Å²) >= 11 is 11.9. The van der Waals surface area contributed by atoms with Crippen LogP contribution >= 0.6 is 23.2 Å². The monoisotopic (exact) mass is 344 g/mol. The molecule has 0 radical (unpaired) electrons. The molecule has 3 rings (SSSR count). The number of urea groups is 1. The van der Waals surface area contributed by atoms with Crippen molar-refractivity contribution in [2.24, 2.45) is 0 Å². The molecule has 2 amide bonds. The molecule has 2 saturated heterocycles. The van der Waals surface area contributed by atoms with Crippen LogP contribution in [0.15, 0.2) is 18.2 Å². The van der Waals surface area contributed by atoms with Crippen molar-refractivity contribution in [1.29, 1.82) is 0 Å². The highest BCUT2D eigenvalue weighted by atomic mass is 35.5. The second-order valence-electron chi connectivity index (χ2n) is 5.50. The molecule has 22 heavy (non-hydrogen) atoms. The van der Waals surface area contributed by atoms with Gasteiger partial charge in [-0.1, -0.05) is 23.2 Å². The van der Waals surface area contributed by atoms with Gasteiger partial charge in [0.1, 0.15) is 6.10 Å². The minimum absolute atomic E-state index is 0.0510. The second-order valence-corrected chi connectivity index (χ2v) is 6.37. The summed E-state index contributed by atoms with van der Waals surface area (Å²) in [6, 6.07) is 4.79. The summed E-state index contributed by atoms with van der Waals surface area (Å²) in [5.41, 5.74) is 0.586. The zero-order valence-corrected chi connectivity index (χ0v) is 13.6. The summed E-state index contributed by atoms with van der Waals surface area (Å²) < 4.78 is 11.4. The first-order valence-electron chi connectivity index (χ1n) is 7.37. The molecule has 1 aromatic carbocycles. The Kier molecular flexibility index (Phi) is 5.08. The molecule has 1 aromatic rings. The predicted molar refractivity (Wildman–Crippen MR) is 85.8 cm³/mol. The molecule has 0 unspecified atom stereocenters. The van der Waals surface area contributed by atoms with Crippen LogP contribution in [-0.2, 0) is 9.47 Å². The number of carbonyl (C=O) groups is 1. The predicted octanol–water partition coefficient (Wildman–Crippen LogP) is 3.41. The number of hydrogen-bond acceptors (Lipinski definition) is 3. The summed E-state index contributed by atoms with van der Waals surface area (Å²) in [5.74, 6) is 0. The van der Waals surface area contributed by atoms with Crippen LogP contribution < -0.4 is 5.32 Å². The average molecular weight is 345 g/mol. The van der Waals surface area contributed by atoms with E-state index >= 15 is 0 Å². The summed E-state index contributed by atoms with van der Waals surface area (Å²) in [5, 5.41) is 3.80. The van der Waals surface area contributed by atoms with E-state index in [9.17, 15) is 4.79 Å². The Hall–Kier alpha value is -1.01. The van der Waals surface area contributed by atoms with E-state index in [1.54, 1.807) is 23.1 Å². The Balaban J connectivity index is 1.61. The van der Waals surface area contributed by atoms with Crippen LogP contribution in [0.1, 0.15) is 12.8 Å². The van der Waals surface area contributed by atoms with Gasteiger partial charge in [0.15, 0.2) is 0 Å². The Labute approximate surface area is 139 Å². The van der Waals surface area contributed by atoms with Crippen LogP contribution in [0, 0.1) is 0 Å². The van der Waals surface area contributed by atoms with Crippen LogP contribution in [0.4, 0.5) is 10.5 Å². The highest BCUT2D eigenvalue weighted by Crippen LogP contribution is 2.24. The Bertz CT molecular complexity index is 529. The number of nitrogens with one attached hydrogen (secondary N) is 1. The highest BCUT2D eigenvalue weighted by molar-refractivity contribution is 6.35. The van der Waals surface area contributed by atoms with Crippen LogP contribution in [0.5, 0.6) is 0 Å². The maximum atomic E-state index is 12.4. The van der Waals surface area contributed by atoms with E-state index in [0.717, 1.165) is 19.4 Å². The van der Waals surface area contributed by atoms with Gasteiger partial charge in [-0.25, -0.2) is 4.79 Å². The van der Waals surface area contributed by atoms with Gasteiger partial charge in [-0.2, -0.15) is 0 Å². The van der Waals surface area contributed by atoms with Crippen molar-refractivity contribution < 1.29 is 14.3 Å². The number of halogens is 2. The molecular weight excluding hydrogens is 327 g/mol. The van der Waals surface area contributed by atoms with E-state index < -0.39 is 0 Å². The molecule has 5 nitrogen and oxygen atoms in total. The molecule has 1 N–H and O–H groups in total. The molecule has 120 valence electrons. The molecule has 2 heterocycles. The number of anilines is 1. The maximum absolute atomic E-state index is 12.4. The third kappa shape index (κ3) is 3.84.